The van der Waals surface area contributed by atoms with E-state index < -0.39 is 5.60 Å². The molecule has 2 fully saturated rings. The van der Waals surface area contributed by atoms with Crippen molar-refractivity contribution in [2.24, 2.45) is 5.92 Å². The van der Waals surface area contributed by atoms with E-state index >= 15 is 0 Å². The van der Waals surface area contributed by atoms with Crippen LogP contribution < -0.4 is 10.6 Å². The summed E-state index contributed by atoms with van der Waals surface area (Å²) in [6, 6.07) is 9.32. The predicted molar refractivity (Wildman–Crippen MR) is 119 cm³/mol. The summed E-state index contributed by atoms with van der Waals surface area (Å²) in [5, 5.41) is 6.04. The molecule has 2 saturated heterocycles. The lowest BCUT2D eigenvalue weighted by atomic mass is 9.95. The number of benzene rings is 1. The molecule has 0 saturated carbocycles. The molecule has 2 N–H and O–H groups in total. The van der Waals surface area contributed by atoms with Crippen LogP contribution in [0.25, 0.3) is 0 Å². The van der Waals surface area contributed by atoms with Gasteiger partial charge in [0, 0.05) is 43.8 Å². The fourth-order valence-corrected chi connectivity index (χ4v) is 3.92. The number of amides is 4. The number of likely N-dealkylation sites (tertiary alicyclic amines) is 2. The number of piperidine rings is 2. The van der Waals surface area contributed by atoms with Gasteiger partial charge in [-0.15, -0.1) is 0 Å². The average molecular weight is 431 g/mol. The number of rotatable bonds is 3. The van der Waals surface area contributed by atoms with Crippen molar-refractivity contribution in [3.05, 3.63) is 30.3 Å². The van der Waals surface area contributed by atoms with Crippen molar-refractivity contribution in [3.63, 3.8) is 0 Å². The standard InChI is InChI=1S/C23H34N4O4/c1-23(2,3)31-22(30)27-15-11-19(12-16-27)24-20(28)17-9-13-26(14-10-17)21(29)25-18-7-5-4-6-8-18/h4-8,17,19H,9-16H2,1-3H3,(H,24,28)(H,25,29). The molecule has 1 aromatic carbocycles. The predicted octanol–water partition coefficient (Wildman–Crippen LogP) is 3.45. The number of nitrogens with zero attached hydrogens (tertiary/aromatic N) is 2. The number of hydrogen-bond donors (Lipinski definition) is 2. The number of ether oxygens (including phenoxy) is 1. The lowest BCUT2D eigenvalue weighted by Gasteiger charge is -2.35. The Morgan fingerprint density at radius 1 is 0.903 bits per heavy atom. The first-order valence-corrected chi connectivity index (χ1v) is 11.1. The first-order valence-electron chi connectivity index (χ1n) is 11.1. The summed E-state index contributed by atoms with van der Waals surface area (Å²) in [4.78, 5) is 40.7. The molecule has 2 aliphatic rings. The number of carbonyl (C=O) groups is 3. The number of para-hydroxylation sites is 1. The van der Waals surface area contributed by atoms with Gasteiger partial charge in [-0.1, -0.05) is 18.2 Å². The molecule has 0 aliphatic carbocycles. The molecule has 0 bridgehead atoms. The Hall–Kier alpha value is -2.77. The van der Waals surface area contributed by atoms with Crippen molar-refractivity contribution in [2.75, 3.05) is 31.5 Å². The molecule has 2 aliphatic heterocycles. The molecule has 8 heteroatoms. The van der Waals surface area contributed by atoms with Gasteiger partial charge in [0.25, 0.3) is 0 Å². The highest BCUT2D eigenvalue weighted by Crippen LogP contribution is 2.20. The minimum Gasteiger partial charge on any atom is -0.444 e. The monoisotopic (exact) mass is 430 g/mol. The Kier molecular flexibility index (Phi) is 7.41. The van der Waals surface area contributed by atoms with E-state index in [-0.39, 0.29) is 30.0 Å². The first-order chi connectivity index (χ1) is 14.7. The van der Waals surface area contributed by atoms with Crippen molar-refractivity contribution in [3.8, 4) is 0 Å². The Bertz CT molecular complexity index is 762. The van der Waals surface area contributed by atoms with Gasteiger partial charge in [-0.25, -0.2) is 9.59 Å². The highest BCUT2D eigenvalue weighted by atomic mass is 16.6. The van der Waals surface area contributed by atoms with Gasteiger partial charge < -0.3 is 25.2 Å². The second-order valence-corrected chi connectivity index (χ2v) is 9.31. The van der Waals surface area contributed by atoms with Gasteiger partial charge in [0.05, 0.1) is 0 Å². The van der Waals surface area contributed by atoms with Crippen LogP contribution in [0.1, 0.15) is 46.5 Å². The average Bonchev–Trinajstić information content (AvgIpc) is 2.74. The lowest BCUT2D eigenvalue weighted by molar-refractivity contribution is -0.127. The second kappa shape index (κ2) is 10.0. The molecule has 0 aromatic heterocycles. The van der Waals surface area contributed by atoms with Crippen LogP contribution in [0.4, 0.5) is 15.3 Å². The fraction of sp³-hybridized carbons (Fsp3) is 0.609. The van der Waals surface area contributed by atoms with Gasteiger partial charge in [0.15, 0.2) is 0 Å². The summed E-state index contributed by atoms with van der Waals surface area (Å²) < 4.78 is 5.42. The topological polar surface area (TPSA) is 91.0 Å². The molecule has 0 unspecified atom stereocenters. The van der Waals surface area contributed by atoms with Gasteiger partial charge in [0.1, 0.15) is 5.60 Å². The summed E-state index contributed by atoms with van der Waals surface area (Å²) in [5.41, 5.74) is 0.264. The zero-order chi connectivity index (χ0) is 22.4. The molecule has 8 nitrogen and oxygen atoms in total. The lowest BCUT2D eigenvalue weighted by Crippen LogP contribution is -2.50. The maximum atomic E-state index is 12.7. The third-order valence-corrected chi connectivity index (χ3v) is 5.67. The van der Waals surface area contributed by atoms with E-state index in [1.165, 1.54) is 0 Å². The van der Waals surface area contributed by atoms with Crippen molar-refractivity contribution in [2.45, 2.75) is 58.1 Å². The Balaban J connectivity index is 1.38. The molecule has 2 heterocycles. The molecule has 0 spiro atoms. The normalized spacial score (nSPS) is 18.4. The summed E-state index contributed by atoms with van der Waals surface area (Å²) in [6.45, 7) is 7.86. The van der Waals surface area contributed by atoms with Gasteiger partial charge in [0.2, 0.25) is 5.91 Å². The summed E-state index contributed by atoms with van der Waals surface area (Å²) >= 11 is 0. The first kappa shape index (κ1) is 22.9. The third kappa shape index (κ3) is 6.87. The SMILES string of the molecule is CC(C)(C)OC(=O)N1CCC(NC(=O)C2CCN(C(=O)Nc3ccccc3)CC2)CC1. The zero-order valence-corrected chi connectivity index (χ0v) is 18.7. The zero-order valence-electron chi connectivity index (χ0n) is 18.7. The van der Waals surface area contributed by atoms with E-state index in [2.05, 4.69) is 10.6 Å². The highest BCUT2D eigenvalue weighted by Gasteiger charge is 2.31. The van der Waals surface area contributed by atoms with Crippen LogP contribution in [0.3, 0.4) is 0 Å². The number of hydrogen-bond acceptors (Lipinski definition) is 4. The number of urea groups is 1. The molecule has 170 valence electrons. The molecule has 3 rings (SSSR count). The molecule has 4 amide bonds. The van der Waals surface area contributed by atoms with E-state index in [9.17, 15) is 14.4 Å². The van der Waals surface area contributed by atoms with Crippen molar-refractivity contribution >= 4 is 23.7 Å². The Morgan fingerprint density at radius 2 is 1.48 bits per heavy atom. The van der Waals surface area contributed by atoms with Crippen LogP contribution in [0.15, 0.2) is 30.3 Å². The maximum Gasteiger partial charge on any atom is 0.410 e. The van der Waals surface area contributed by atoms with Crippen LogP contribution in [-0.4, -0.2) is 65.7 Å². The third-order valence-electron chi connectivity index (χ3n) is 5.67. The van der Waals surface area contributed by atoms with Gasteiger partial charge in [-0.05, 0) is 58.6 Å². The highest BCUT2D eigenvalue weighted by molar-refractivity contribution is 5.89. The molecular weight excluding hydrogens is 396 g/mol. The quantitative estimate of drug-likeness (QED) is 0.768. The number of nitrogens with one attached hydrogen (secondary N) is 2. The van der Waals surface area contributed by atoms with Crippen LogP contribution in [0.2, 0.25) is 0 Å². The van der Waals surface area contributed by atoms with Crippen LogP contribution >= 0.6 is 0 Å². The number of carbonyl (C=O) groups excluding carboxylic acids is 3. The van der Waals surface area contributed by atoms with Crippen LogP contribution in [-0.2, 0) is 9.53 Å². The summed E-state index contributed by atoms with van der Waals surface area (Å²) in [7, 11) is 0. The number of anilines is 1. The minimum atomic E-state index is -0.505. The van der Waals surface area contributed by atoms with E-state index in [1.807, 2.05) is 51.1 Å². The fourth-order valence-electron chi connectivity index (χ4n) is 3.92. The van der Waals surface area contributed by atoms with E-state index in [0.29, 0.717) is 39.0 Å². The van der Waals surface area contributed by atoms with E-state index in [1.54, 1.807) is 9.80 Å². The minimum absolute atomic E-state index is 0.0545. The van der Waals surface area contributed by atoms with Crippen molar-refractivity contribution in [1.82, 2.24) is 15.1 Å². The molecule has 31 heavy (non-hydrogen) atoms. The second-order valence-electron chi connectivity index (χ2n) is 9.31. The Morgan fingerprint density at radius 3 is 2.06 bits per heavy atom. The van der Waals surface area contributed by atoms with Gasteiger partial charge in [-0.2, -0.15) is 0 Å². The van der Waals surface area contributed by atoms with E-state index in [0.717, 1.165) is 18.5 Å². The van der Waals surface area contributed by atoms with Crippen molar-refractivity contribution < 1.29 is 19.1 Å². The molecule has 1 aromatic rings. The van der Waals surface area contributed by atoms with Gasteiger partial charge >= 0.3 is 12.1 Å². The maximum absolute atomic E-state index is 12.7. The van der Waals surface area contributed by atoms with Crippen LogP contribution in [0, 0.1) is 5.92 Å². The van der Waals surface area contributed by atoms with Crippen molar-refractivity contribution in [1.29, 1.82) is 0 Å². The molecular formula is C23H34N4O4. The molecule has 0 atom stereocenters. The summed E-state index contributed by atoms with van der Waals surface area (Å²) in [6.07, 6.45) is 2.47. The van der Waals surface area contributed by atoms with E-state index in [4.69, 9.17) is 4.74 Å². The molecule has 0 radical (unpaired) electrons. The smallest absolute Gasteiger partial charge is 0.410 e. The largest absolute Gasteiger partial charge is 0.444 e. The summed E-state index contributed by atoms with van der Waals surface area (Å²) in [5.74, 6) is -0.0245. The Labute approximate surface area is 184 Å². The van der Waals surface area contributed by atoms with Gasteiger partial charge in [-0.3, -0.25) is 4.79 Å². The van der Waals surface area contributed by atoms with Crippen LogP contribution in [0.5, 0.6) is 0 Å².